The van der Waals surface area contributed by atoms with Gasteiger partial charge >= 0.3 is 0 Å². The van der Waals surface area contributed by atoms with E-state index in [2.05, 4.69) is 4.98 Å². The fourth-order valence-electron chi connectivity index (χ4n) is 2.48. The number of pyridine rings is 1. The van der Waals surface area contributed by atoms with Gasteiger partial charge in [0.25, 0.3) is 5.56 Å². The Hall–Kier alpha value is -2.53. The van der Waals surface area contributed by atoms with Gasteiger partial charge in [0.1, 0.15) is 10.6 Å². The Bertz CT molecular complexity index is 998. The molecule has 0 spiro atoms. The molecule has 3 rings (SSSR count). The smallest absolute Gasteiger partial charge is 0.260 e. The molecule has 0 atom stereocenters. The first kappa shape index (κ1) is 15.4. The topological polar surface area (TPSA) is 49.9 Å². The highest BCUT2D eigenvalue weighted by Gasteiger charge is 2.15. The van der Waals surface area contributed by atoms with Gasteiger partial charge in [-0.2, -0.15) is 0 Å². The zero-order chi connectivity index (χ0) is 16.6. The molecule has 0 saturated heterocycles. The number of thiophene rings is 1. The van der Waals surface area contributed by atoms with Crippen molar-refractivity contribution in [2.45, 2.75) is 13.8 Å². The van der Waals surface area contributed by atoms with E-state index in [4.69, 9.17) is 0 Å². The molecule has 0 saturated carbocycles. The maximum Gasteiger partial charge on any atom is 0.260 e. The number of benzene rings is 1. The van der Waals surface area contributed by atoms with Crippen molar-refractivity contribution in [2.75, 3.05) is 0 Å². The van der Waals surface area contributed by atoms with E-state index >= 15 is 0 Å². The number of H-pyrrole nitrogens is 1. The molecule has 0 aliphatic heterocycles. The van der Waals surface area contributed by atoms with Crippen molar-refractivity contribution in [3.05, 3.63) is 74.1 Å². The van der Waals surface area contributed by atoms with Crippen LogP contribution >= 0.6 is 11.3 Å². The Morgan fingerprint density at radius 1 is 1.26 bits per heavy atom. The lowest BCUT2D eigenvalue weighted by atomic mass is 10.0. The van der Waals surface area contributed by atoms with Crippen LogP contribution in [0.3, 0.4) is 0 Å². The fraction of sp³-hybridized carbons (Fsp3) is 0.111. The van der Waals surface area contributed by atoms with Crippen molar-refractivity contribution < 1.29 is 9.18 Å². The third-order valence-corrected chi connectivity index (χ3v) is 4.54. The van der Waals surface area contributed by atoms with Crippen LogP contribution in [0.4, 0.5) is 4.39 Å². The van der Waals surface area contributed by atoms with Gasteiger partial charge in [-0.05, 0) is 54.6 Å². The standard InChI is InChI=1S/C18H14FNO2S/c1-10-3-4-12(14(19)9-10)5-6-15(21)16-11(2)13-7-8-23-18(13)20-17(16)22/h3-9H,1-2H3,(H,20,22). The van der Waals surface area contributed by atoms with Crippen LogP contribution in [-0.4, -0.2) is 10.8 Å². The zero-order valence-electron chi connectivity index (χ0n) is 12.6. The van der Waals surface area contributed by atoms with E-state index in [1.807, 2.05) is 11.4 Å². The maximum atomic E-state index is 13.8. The van der Waals surface area contributed by atoms with Crippen molar-refractivity contribution in [2.24, 2.45) is 0 Å². The molecular formula is C18H14FNO2S. The molecule has 3 nitrogen and oxygen atoms in total. The monoisotopic (exact) mass is 327 g/mol. The molecule has 2 aromatic heterocycles. The number of allylic oxidation sites excluding steroid dienone is 1. The molecule has 0 radical (unpaired) electrons. The first-order chi connectivity index (χ1) is 11.0. The Balaban J connectivity index is 2.00. The summed E-state index contributed by atoms with van der Waals surface area (Å²) in [5.74, 6) is -0.829. The number of carbonyl (C=O) groups excluding carboxylic acids is 1. The number of aromatic amines is 1. The summed E-state index contributed by atoms with van der Waals surface area (Å²) in [6, 6.07) is 6.64. The van der Waals surface area contributed by atoms with Gasteiger partial charge in [0.05, 0.1) is 5.56 Å². The van der Waals surface area contributed by atoms with Crippen LogP contribution in [0.25, 0.3) is 16.3 Å². The molecular weight excluding hydrogens is 313 g/mol. The largest absolute Gasteiger partial charge is 0.313 e. The molecule has 0 bridgehead atoms. The summed E-state index contributed by atoms with van der Waals surface area (Å²) in [6.45, 7) is 3.54. The van der Waals surface area contributed by atoms with Gasteiger partial charge in [-0.3, -0.25) is 9.59 Å². The number of aromatic nitrogens is 1. The lowest BCUT2D eigenvalue weighted by Gasteiger charge is -2.03. The van der Waals surface area contributed by atoms with Crippen molar-refractivity contribution in [1.82, 2.24) is 4.98 Å². The van der Waals surface area contributed by atoms with Gasteiger partial charge in [0.2, 0.25) is 0 Å². The Kier molecular flexibility index (Phi) is 3.96. The van der Waals surface area contributed by atoms with Crippen molar-refractivity contribution in [3.63, 3.8) is 0 Å². The number of carbonyl (C=O) groups is 1. The summed E-state index contributed by atoms with van der Waals surface area (Å²) in [5.41, 5.74) is 1.44. The molecule has 23 heavy (non-hydrogen) atoms. The molecule has 0 aliphatic rings. The van der Waals surface area contributed by atoms with Crippen LogP contribution in [-0.2, 0) is 0 Å². The first-order valence-corrected chi connectivity index (χ1v) is 7.94. The van der Waals surface area contributed by atoms with Gasteiger partial charge in [-0.1, -0.05) is 12.1 Å². The van der Waals surface area contributed by atoms with Crippen LogP contribution in [0.15, 0.2) is 40.5 Å². The molecule has 5 heteroatoms. The quantitative estimate of drug-likeness (QED) is 0.578. The normalized spacial score (nSPS) is 11.4. The number of halogens is 1. The highest BCUT2D eigenvalue weighted by atomic mass is 32.1. The molecule has 3 aromatic rings. The number of hydrogen-bond acceptors (Lipinski definition) is 3. The predicted octanol–water partition coefficient (Wildman–Crippen LogP) is 4.24. The van der Waals surface area contributed by atoms with Gasteiger partial charge < -0.3 is 4.98 Å². The maximum absolute atomic E-state index is 13.8. The minimum Gasteiger partial charge on any atom is -0.313 e. The number of hydrogen-bond donors (Lipinski definition) is 1. The van der Waals surface area contributed by atoms with Gasteiger partial charge in [0.15, 0.2) is 5.78 Å². The first-order valence-electron chi connectivity index (χ1n) is 7.06. The SMILES string of the molecule is Cc1ccc(C=CC(=O)c2c(C)c3ccsc3[nH]c2=O)c(F)c1. The summed E-state index contributed by atoms with van der Waals surface area (Å²) in [4.78, 5) is 28.0. The van der Waals surface area contributed by atoms with E-state index in [1.165, 1.54) is 29.6 Å². The Morgan fingerprint density at radius 3 is 2.78 bits per heavy atom. The number of fused-ring (bicyclic) bond motifs is 1. The molecule has 2 heterocycles. The Morgan fingerprint density at radius 2 is 2.04 bits per heavy atom. The average Bonchev–Trinajstić information content (AvgIpc) is 2.94. The van der Waals surface area contributed by atoms with Crippen molar-refractivity contribution in [1.29, 1.82) is 0 Å². The molecule has 116 valence electrons. The predicted molar refractivity (Wildman–Crippen MR) is 91.7 cm³/mol. The van der Waals surface area contributed by atoms with Crippen molar-refractivity contribution >= 4 is 33.4 Å². The average molecular weight is 327 g/mol. The highest BCUT2D eigenvalue weighted by molar-refractivity contribution is 7.16. The van der Waals surface area contributed by atoms with E-state index in [9.17, 15) is 14.0 Å². The number of rotatable bonds is 3. The van der Waals surface area contributed by atoms with Crippen LogP contribution in [0.1, 0.15) is 27.0 Å². The van der Waals surface area contributed by atoms with Crippen LogP contribution in [0.2, 0.25) is 0 Å². The van der Waals surface area contributed by atoms with E-state index in [0.29, 0.717) is 11.1 Å². The van der Waals surface area contributed by atoms with Gasteiger partial charge in [-0.15, -0.1) is 11.3 Å². The van der Waals surface area contributed by atoms with Crippen molar-refractivity contribution in [3.8, 4) is 0 Å². The summed E-state index contributed by atoms with van der Waals surface area (Å²) >= 11 is 1.42. The molecule has 0 amide bonds. The summed E-state index contributed by atoms with van der Waals surface area (Å²) in [7, 11) is 0. The van der Waals surface area contributed by atoms with Crippen LogP contribution in [0.5, 0.6) is 0 Å². The summed E-state index contributed by atoms with van der Waals surface area (Å²) in [6.07, 6.45) is 2.64. The van der Waals surface area contributed by atoms with E-state index in [-0.39, 0.29) is 5.56 Å². The van der Waals surface area contributed by atoms with E-state index < -0.39 is 17.2 Å². The van der Waals surface area contributed by atoms with Gasteiger partial charge in [0, 0.05) is 10.9 Å². The lowest BCUT2D eigenvalue weighted by Crippen LogP contribution is -2.18. The highest BCUT2D eigenvalue weighted by Crippen LogP contribution is 2.22. The second-order valence-corrected chi connectivity index (χ2v) is 6.26. The molecule has 1 N–H and O–H groups in total. The van der Waals surface area contributed by atoms with Gasteiger partial charge in [-0.25, -0.2) is 4.39 Å². The third-order valence-electron chi connectivity index (χ3n) is 3.71. The minimum absolute atomic E-state index is 0.0969. The molecule has 1 aromatic carbocycles. The fourth-order valence-corrected chi connectivity index (χ4v) is 3.32. The summed E-state index contributed by atoms with van der Waals surface area (Å²) < 4.78 is 13.8. The molecule has 0 unspecified atom stereocenters. The number of ketones is 1. The minimum atomic E-state index is -0.433. The summed E-state index contributed by atoms with van der Waals surface area (Å²) in [5, 5.41) is 2.72. The zero-order valence-corrected chi connectivity index (χ0v) is 13.5. The molecule has 0 fully saturated rings. The van der Waals surface area contributed by atoms with Crippen LogP contribution in [0, 0.1) is 19.7 Å². The van der Waals surface area contributed by atoms with Crippen LogP contribution < -0.4 is 5.56 Å². The second-order valence-electron chi connectivity index (χ2n) is 5.34. The lowest BCUT2D eigenvalue weighted by molar-refractivity contribution is 0.104. The van der Waals surface area contributed by atoms with E-state index in [1.54, 1.807) is 26.0 Å². The number of aryl methyl sites for hydroxylation is 2. The Labute approximate surface area is 136 Å². The van der Waals surface area contributed by atoms with E-state index in [0.717, 1.165) is 15.8 Å². The third kappa shape index (κ3) is 2.87. The number of nitrogens with one attached hydrogen (secondary N) is 1. The molecule has 0 aliphatic carbocycles. The second kappa shape index (κ2) is 5.93.